The van der Waals surface area contributed by atoms with Gasteiger partial charge >= 0.3 is 0 Å². The number of carbonyl (C=O) groups excluding carboxylic acids is 2. The molecule has 1 aliphatic heterocycles. The lowest BCUT2D eigenvalue weighted by atomic mass is 10.0. The summed E-state index contributed by atoms with van der Waals surface area (Å²) in [5.41, 5.74) is 2.32. The molecule has 3 aromatic rings. The van der Waals surface area contributed by atoms with Gasteiger partial charge in [-0.3, -0.25) is 9.59 Å². The van der Waals surface area contributed by atoms with E-state index in [0.29, 0.717) is 39.7 Å². The zero-order chi connectivity index (χ0) is 25.5. The molecule has 8 heteroatoms. The molecule has 1 atom stereocenters. The zero-order valence-corrected chi connectivity index (χ0v) is 21.4. The predicted molar refractivity (Wildman–Crippen MR) is 144 cm³/mol. The second-order valence-electron chi connectivity index (χ2n) is 8.92. The smallest absolute Gasteiger partial charge is 0.251 e. The van der Waals surface area contributed by atoms with Crippen LogP contribution in [0, 0.1) is 0 Å². The molecular weight excluding hydrogens is 497 g/mol. The minimum atomic E-state index is -0.749. The van der Waals surface area contributed by atoms with Crippen molar-refractivity contribution in [2.24, 2.45) is 0 Å². The number of nitrogens with one attached hydrogen (secondary N) is 2. The van der Waals surface area contributed by atoms with Crippen LogP contribution in [0.15, 0.2) is 66.7 Å². The highest BCUT2D eigenvalue weighted by Gasteiger charge is 2.23. The Balaban J connectivity index is 1.50. The number of carbonyl (C=O) groups is 2. The Morgan fingerprint density at radius 3 is 2.42 bits per heavy atom. The number of nitrogens with zero attached hydrogens (tertiary/aromatic N) is 1. The minimum Gasteiger partial charge on any atom is -0.507 e. The molecule has 0 bridgehead atoms. The molecule has 1 saturated heterocycles. The molecule has 0 unspecified atom stereocenters. The fraction of sp³-hybridized carbons (Fsp3) is 0.286. The lowest BCUT2D eigenvalue weighted by Crippen LogP contribution is -2.49. The van der Waals surface area contributed by atoms with Crippen LogP contribution in [0.3, 0.4) is 0 Å². The molecule has 1 heterocycles. The van der Waals surface area contributed by atoms with Crippen molar-refractivity contribution in [3.63, 3.8) is 0 Å². The Labute approximate surface area is 221 Å². The lowest BCUT2D eigenvalue weighted by molar-refractivity contribution is -0.123. The van der Waals surface area contributed by atoms with Gasteiger partial charge in [0.1, 0.15) is 11.8 Å². The number of likely N-dealkylation sites (tertiary alicyclic amines) is 1. The topological polar surface area (TPSA) is 81.7 Å². The Hall–Kier alpha value is -3.06. The van der Waals surface area contributed by atoms with Crippen LogP contribution < -0.4 is 10.6 Å². The van der Waals surface area contributed by atoms with E-state index < -0.39 is 11.9 Å². The maximum atomic E-state index is 13.2. The minimum absolute atomic E-state index is 0.00503. The molecule has 2 amide bonds. The van der Waals surface area contributed by atoms with Crippen LogP contribution in [-0.4, -0.2) is 54.0 Å². The summed E-state index contributed by atoms with van der Waals surface area (Å²) in [4.78, 5) is 28.6. The summed E-state index contributed by atoms with van der Waals surface area (Å²) < 4.78 is 0. The van der Waals surface area contributed by atoms with Crippen molar-refractivity contribution < 1.29 is 14.7 Å². The first-order chi connectivity index (χ1) is 17.4. The van der Waals surface area contributed by atoms with Crippen molar-refractivity contribution in [1.29, 1.82) is 0 Å². The van der Waals surface area contributed by atoms with Crippen LogP contribution in [0.4, 0.5) is 0 Å². The fourth-order valence-corrected chi connectivity index (χ4v) is 4.64. The van der Waals surface area contributed by atoms with Crippen LogP contribution in [0.25, 0.3) is 11.1 Å². The van der Waals surface area contributed by atoms with Crippen LogP contribution in [0.2, 0.25) is 10.0 Å². The molecule has 3 aromatic carbocycles. The van der Waals surface area contributed by atoms with Crippen molar-refractivity contribution >= 4 is 35.0 Å². The highest BCUT2D eigenvalue weighted by Crippen LogP contribution is 2.34. The summed E-state index contributed by atoms with van der Waals surface area (Å²) in [6, 6.07) is 18.4. The molecule has 0 aromatic heterocycles. The maximum absolute atomic E-state index is 13.2. The molecule has 1 fully saturated rings. The molecule has 1 aliphatic rings. The molecule has 0 radical (unpaired) electrons. The largest absolute Gasteiger partial charge is 0.507 e. The summed E-state index contributed by atoms with van der Waals surface area (Å²) in [5, 5.41) is 17.0. The number of phenolic OH excluding ortho intramolecular Hbond substituents is 1. The normalized spacial score (nSPS) is 14.4. The van der Waals surface area contributed by atoms with Gasteiger partial charge in [0.2, 0.25) is 5.91 Å². The fourth-order valence-electron chi connectivity index (χ4n) is 4.34. The van der Waals surface area contributed by atoms with Crippen LogP contribution in [0.5, 0.6) is 5.75 Å². The van der Waals surface area contributed by atoms with Gasteiger partial charge in [0.25, 0.3) is 5.91 Å². The van der Waals surface area contributed by atoms with Gasteiger partial charge in [-0.15, -0.1) is 0 Å². The number of benzene rings is 3. The van der Waals surface area contributed by atoms with E-state index in [9.17, 15) is 14.7 Å². The quantitative estimate of drug-likeness (QED) is 0.370. The van der Waals surface area contributed by atoms with Gasteiger partial charge in [-0.05, 0) is 67.4 Å². The summed E-state index contributed by atoms with van der Waals surface area (Å²) in [6.45, 7) is 3.44. The van der Waals surface area contributed by atoms with Crippen LogP contribution >= 0.6 is 23.2 Å². The van der Waals surface area contributed by atoms with Crippen molar-refractivity contribution in [3.8, 4) is 16.9 Å². The van der Waals surface area contributed by atoms with Gasteiger partial charge in [-0.2, -0.15) is 0 Å². The van der Waals surface area contributed by atoms with Gasteiger partial charge in [0, 0.05) is 30.6 Å². The maximum Gasteiger partial charge on any atom is 0.251 e. The van der Waals surface area contributed by atoms with Gasteiger partial charge in [-0.1, -0.05) is 59.6 Å². The van der Waals surface area contributed by atoms with Crippen LogP contribution in [0.1, 0.15) is 28.8 Å². The Kier molecular flexibility index (Phi) is 8.86. The third-order valence-corrected chi connectivity index (χ3v) is 7.06. The summed E-state index contributed by atoms with van der Waals surface area (Å²) in [6.07, 6.45) is 2.74. The van der Waals surface area contributed by atoms with E-state index >= 15 is 0 Å². The number of hydrogen-bond acceptors (Lipinski definition) is 4. The summed E-state index contributed by atoms with van der Waals surface area (Å²) in [7, 11) is 0. The predicted octanol–water partition coefficient (Wildman–Crippen LogP) is 4.92. The average molecular weight is 526 g/mol. The summed E-state index contributed by atoms with van der Waals surface area (Å²) >= 11 is 12.2. The van der Waals surface area contributed by atoms with E-state index in [1.54, 1.807) is 24.3 Å². The van der Waals surface area contributed by atoms with Gasteiger partial charge < -0.3 is 20.6 Å². The lowest BCUT2D eigenvalue weighted by Gasteiger charge is -2.20. The second-order valence-corrected chi connectivity index (χ2v) is 9.73. The standard InChI is InChI=1S/C28H29Cl2N3O3/c29-23-10-8-20(18-24(23)30)22-17-21(9-11-26(22)34)27(35)32-25(16-19-6-2-1-3-7-19)28(36)31-12-15-33-13-4-5-14-33/h1-3,6-11,17-18,25,34H,4-5,12-16H2,(H,31,36)(H,32,35)/t25-/m0/s1. The van der Waals surface area contributed by atoms with E-state index in [1.165, 1.54) is 25.0 Å². The second kappa shape index (κ2) is 12.3. The number of hydrogen-bond donors (Lipinski definition) is 3. The van der Waals surface area contributed by atoms with Gasteiger partial charge in [-0.25, -0.2) is 0 Å². The van der Waals surface area contributed by atoms with Crippen molar-refractivity contribution in [3.05, 3.63) is 87.9 Å². The highest BCUT2D eigenvalue weighted by atomic mass is 35.5. The van der Waals surface area contributed by atoms with Crippen molar-refractivity contribution in [1.82, 2.24) is 15.5 Å². The van der Waals surface area contributed by atoms with Gasteiger partial charge in [0.05, 0.1) is 10.0 Å². The highest BCUT2D eigenvalue weighted by molar-refractivity contribution is 6.42. The van der Waals surface area contributed by atoms with E-state index in [2.05, 4.69) is 15.5 Å². The first kappa shape index (κ1) is 26.0. The molecular formula is C28H29Cl2N3O3. The number of halogens is 2. The molecule has 4 rings (SSSR count). The van der Waals surface area contributed by atoms with E-state index in [-0.39, 0.29) is 11.7 Å². The number of amides is 2. The Morgan fingerprint density at radius 2 is 1.69 bits per heavy atom. The molecule has 0 saturated carbocycles. The SMILES string of the molecule is O=C(N[C@@H](Cc1ccccc1)C(=O)NCCN1CCCC1)c1ccc(O)c(-c2ccc(Cl)c(Cl)c2)c1. The Morgan fingerprint density at radius 1 is 0.944 bits per heavy atom. The monoisotopic (exact) mass is 525 g/mol. The third-order valence-electron chi connectivity index (χ3n) is 6.32. The first-order valence-electron chi connectivity index (χ1n) is 12.0. The molecule has 36 heavy (non-hydrogen) atoms. The van der Waals surface area contributed by atoms with Crippen molar-refractivity contribution in [2.75, 3.05) is 26.2 Å². The number of aromatic hydroxyl groups is 1. The van der Waals surface area contributed by atoms with Crippen LogP contribution in [-0.2, 0) is 11.2 Å². The molecule has 188 valence electrons. The average Bonchev–Trinajstić information content (AvgIpc) is 3.40. The van der Waals surface area contributed by atoms with E-state index in [0.717, 1.165) is 25.2 Å². The molecule has 0 spiro atoms. The molecule has 6 nitrogen and oxygen atoms in total. The third kappa shape index (κ3) is 6.78. The molecule has 3 N–H and O–H groups in total. The zero-order valence-electron chi connectivity index (χ0n) is 19.8. The summed E-state index contributed by atoms with van der Waals surface area (Å²) in [5.74, 6) is -0.632. The first-order valence-corrected chi connectivity index (χ1v) is 12.8. The van der Waals surface area contributed by atoms with Crippen molar-refractivity contribution in [2.45, 2.75) is 25.3 Å². The van der Waals surface area contributed by atoms with E-state index in [4.69, 9.17) is 23.2 Å². The Bertz CT molecular complexity index is 1210. The number of phenols is 1. The molecule has 0 aliphatic carbocycles. The number of rotatable bonds is 9. The van der Waals surface area contributed by atoms with E-state index in [1.807, 2.05) is 30.3 Å². The van der Waals surface area contributed by atoms with Gasteiger partial charge in [0.15, 0.2) is 0 Å².